The molecule has 4 nitrogen and oxygen atoms in total. The van der Waals surface area contributed by atoms with E-state index in [1.807, 2.05) is 39.0 Å². The second-order valence-electron chi connectivity index (χ2n) is 5.80. The van der Waals surface area contributed by atoms with Crippen LogP contribution in [0, 0.1) is 0 Å². The molecule has 0 fully saturated rings. The number of ether oxygens (including phenoxy) is 1. The van der Waals surface area contributed by atoms with Gasteiger partial charge in [0.25, 0.3) is 5.91 Å². The molecule has 0 saturated heterocycles. The molecule has 0 aromatic heterocycles. The summed E-state index contributed by atoms with van der Waals surface area (Å²) in [5.41, 5.74) is 1.10. The fourth-order valence-corrected chi connectivity index (χ4v) is 2.10. The van der Waals surface area contributed by atoms with E-state index in [1.165, 1.54) is 0 Å². The lowest BCUT2D eigenvalue weighted by Crippen LogP contribution is -2.42. The summed E-state index contributed by atoms with van der Waals surface area (Å²) in [4.78, 5) is 25.8. The third-order valence-corrected chi connectivity index (χ3v) is 3.06. The highest BCUT2D eigenvalue weighted by Gasteiger charge is 2.35. The van der Waals surface area contributed by atoms with Crippen LogP contribution < -0.4 is 0 Å². The van der Waals surface area contributed by atoms with E-state index >= 15 is 0 Å². The van der Waals surface area contributed by atoms with Crippen LogP contribution in [0.1, 0.15) is 43.6 Å². The first kappa shape index (κ1) is 13.6. The molecule has 1 aliphatic rings. The van der Waals surface area contributed by atoms with Crippen LogP contribution in [-0.2, 0) is 16.1 Å². The van der Waals surface area contributed by atoms with E-state index in [-0.39, 0.29) is 11.9 Å². The van der Waals surface area contributed by atoms with Crippen LogP contribution in [0.4, 0.5) is 0 Å². The maximum absolute atomic E-state index is 12.2. The Bertz CT molecular complexity index is 516. The molecule has 0 aliphatic carbocycles. The summed E-state index contributed by atoms with van der Waals surface area (Å²) in [7, 11) is 0. The summed E-state index contributed by atoms with van der Waals surface area (Å²) < 4.78 is 5.33. The summed E-state index contributed by atoms with van der Waals surface area (Å²) in [6.07, 6.45) is 0. The number of nitrogens with zero attached hydrogens (tertiary/aromatic N) is 1. The third kappa shape index (κ3) is 2.78. The van der Waals surface area contributed by atoms with Crippen molar-refractivity contribution in [1.82, 2.24) is 4.90 Å². The Morgan fingerprint density at radius 2 is 1.95 bits per heavy atom. The Balaban J connectivity index is 2.13. The Hall–Kier alpha value is -1.84. The minimum atomic E-state index is -0.570. The molecular formula is C15H19NO3. The van der Waals surface area contributed by atoms with E-state index in [4.69, 9.17) is 4.74 Å². The summed E-state index contributed by atoms with van der Waals surface area (Å²) in [5.74, 6) is -0.470. The largest absolute Gasteiger partial charge is 0.458 e. The summed E-state index contributed by atoms with van der Waals surface area (Å²) in [5, 5.41) is 0. The molecule has 2 rings (SSSR count). The topological polar surface area (TPSA) is 46.6 Å². The van der Waals surface area contributed by atoms with Crippen molar-refractivity contribution in [1.29, 1.82) is 0 Å². The van der Waals surface area contributed by atoms with Crippen molar-refractivity contribution < 1.29 is 14.3 Å². The van der Waals surface area contributed by atoms with Crippen LogP contribution in [-0.4, -0.2) is 28.4 Å². The Kier molecular flexibility index (Phi) is 3.35. The second-order valence-corrected chi connectivity index (χ2v) is 5.80. The standard InChI is InChI=1S/C15H19NO3/c1-10(14(18)19-15(2,3)4)16-9-11-7-5-6-8-12(11)13(16)17/h5-8,10H,9H2,1-4H3/t10-/m1/s1. The molecule has 0 spiro atoms. The number of fused-ring (bicyclic) bond motifs is 1. The summed E-state index contributed by atoms with van der Waals surface area (Å²) in [6.45, 7) is 7.63. The van der Waals surface area contributed by atoms with Crippen molar-refractivity contribution in [2.75, 3.05) is 0 Å². The molecule has 0 radical (unpaired) electrons. The highest BCUT2D eigenvalue weighted by molar-refractivity contribution is 6.00. The van der Waals surface area contributed by atoms with Gasteiger partial charge in [0.15, 0.2) is 0 Å². The number of carbonyl (C=O) groups excluding carboxylic acids is 2. The highest BCUT2D eigenvalue weighted by atomic mass is 16.6. The maximum atomic E-state index is 12.2. The van der Waals surface area contributed by atoms with E-state index < -0.39 is 11.6 Å². The van der Waals surface area contributed by atoms with E-state index in [1.54, 1.807) is 17.9 Å². The fourth-order valence-electron chi connectivity index (χ4n) is 2.10. The van der Waals surface area contributed by atoms with Crippen molar-refractivity contribution in [3.05, 3.63) is 35.4 Å². The number of hydrogen-bond acceptors (Lipinski definition) is 3. The van der Waals surface area contributed by atoms with Gasteiger partial charge in [-0.1, -0.05) is 18.2 Å². The zero-order valence-corrected chi connectivity index (χ0v) is 11.8. The number of benzene rings is 1. The first-order valence-electron chi connectivity index (χ1n) is 6.41. The number of hydrogen-bond donors (Lipinski definition) is 0. The lowest BCUT2D eigenvalue weighted by atomic mass is 10.1. The average molecular weight is 261 g/mol. The van der Waals surface area contributed by atoms with Crippen molar-refractivity contribution >= 4 is 11.9 Å². The fraction of sp³-hybridized carbons (Fsp3) is 0.467. The summed E-state index contributed by atoms with van der Waals surface area (Å²) in [6, 6.07) is 6.86. The molecule has 0 saturated carbocycles. The molecule has 1 amide bonds. The van der Waals surface area contributed by atoms with E-state index in [0.717, 1.165) is 5.56 Å². The quantitative estimate of drug-likeness (QED) is 0.768. The molecule has 0 unspecified atom stereocenters. The van der Waals surface area contributed by atoms with Crippen LogP contribution in [0.2, 0.25) is 0 Å². The number of rotatable bonds is 2. The zero-order chi connectivity index (χ0) is 14.2. The minimum absolute atomic E-state index is 0.103. The highest BCUT2D eigenvalue weighted by Crippen LogP contribution is 2.25. The smallest absolute Gasteiger partial charge is 0.329 e. The lowest BCUT2D eigenvalue weighted by Gasteiger charge is -2.27. The molecular weight excluding hydrogens is 242 g/mol. The van der Waals surface area contributed by atoms with Crippen molar-refractivity contribution in [3.8, 4) is 0 Å². The maximum Gasteiger partial charge on any atom is 0.329 e. The van der Waals surface area contributed by atoms with Crippen LogP contribution in [0.3, 0.4) is 0 Å². The van der Waals surface area contributed by atoms with E-state index in [0.29, 0.717) is 12.1 Å². The minimum Gasteiger partial charge on any atom is -0.458 e. The van der Waals surface area contributed by atoms with Crippen molar-refractivity contribution in [2.45, 2.75) is 45.9 Å². The van der Waals surface area contributed by atoms with Gasteiger partial charge in [-0.2, -0.15) is 0 Å². The van der Waals surface area contributed by atoms with Gasteiger partial charge in [-0.15, -0.1) is 0 Å². The SMILES string of the molecule is C[C@H](C(=O)OC(C)(C)C)N1Cc2ccccc2C1=O. The molecule has 4 heteroatoms. The Morgan fingerprint density at radius 3 is 2.53 bits per heavy atom. The monoisotopic (exact) mass is 261 g/mol. The molecule has 1 aliphatic heterocycles. The first-order chi connectivity index (χ1) is 8.79. The van der Waals surface area contributed by atoms with Crippen LogP contribution in [0.25, 0.3) is 0 Å². The van der Waals surface area contributed by atoms with Crippen LogP contribution in [0.15, 0.2) is 24.3 Å². The second kappa shape index (κ2) is 4.68. The van der Waals surface area contributed by atoms with Crippen molar-refractivity contribution in [3.63, 3.8) is 0 Å². The first-order valence-corrected chi connectivity index (χ1v) is 6.41. The summed E-state index contributed by atoms with van der Waals surface area (Å²) >= 11 is 0. The average Bonchev–Trinajstić information content (AvgIpc) is 2.64. The van der Waals surface area contributed by atoms with E-state index in [2.05, 4.69) is 0 Å². The molecule has 102 valence electrons. The molecule has 0 N–H and O–H groups in total. The molecule has 1 aromatic carbocycles. The lowest BCUT2D eigenvalue weighted by molar-refractivity contribution is -0.159. The third-order valence-electron chi connectivity index (χ3n) is 3.06. The van der Waals surface area contributed by atoms with Gasteiger partial charge < -0.3 is 9.64 Å². The van der Waals surface area contributed by atoms with Gasteiger partial charge in [0.1, 0.15) is 11.6 Å². The van der Waals surface area contributed by atoms with Crippen LogP contribution in [0.5, 0.6) is 0 Å². The molecule has 19 heavy (non-hydrogen) atoms. The Morgan fingerprint density at radius 1 is 1.32 bits per heavy atom. The van der Waals surface area contributed by atoms with Crippen LogP contribution >= 0.6 is 0 Å². The molecule has 1 heterocycles. The van der Waals surface area contributed by atoms with Gasteiger partial charge in [-0.25, -0.2) is 4.79 Å². The number of carbonyl (C=O) groups is 2. The van der Waals surface area contributed by atoms with Gasteiger partial charge in [-0.3, -0.25) is 4.79 Å². The van der Waals surface area contributed by atoms with Gasteiger partial charge in [0, 0.05) is 12.1 Å². The predicted octanol–water partition coefficient (Wildman–Crippen LogP) is 2.37. The molecule has 1 aromatic rings. The van der Waals surface area contributed by atoms with Gasteiger partial charge in [0.05, 0.1) is 0 Å². The Labute approximate surface area is 113 Å². The molecule has 0 bridgehead atoms. The molecule has 1 atom stereocenters. The number of esters is 1. The normalized spacial score (nSPS) is 16.2. The zero-order valence-electron chi connectivity index (χ0n) is 11.8. The van der Waals surface area contributed by atoms with Gasteiger partial charge >= 0.3 is 5.97 Å². The van der Waals surface area contributed by atoms with Gasteiger partial charge in [-0.05, 0) is 39.3 Å². The van der Waals surface area contributed by atoms with Gasteiger partial charge in [0.2, 0.25) is 0 Å². The van der Waals surface area contributed by atoms with Crippen molar-refractivity contribution in [2.24, 2.45) is 0 Å². The number of amides is 1. The van der Waals surface area contributed by atoms with E-state index in [9.17, 15) is 9.59 Å². The predicted molar refractivity (Wildman–Crippen MR) is 71.6 cm³/mol.